The molecule has 0 unspecified atom stereocenters. The van der Waals surface area contributed by atoms with Gasteiger partial charge in [-0.2, -0.15) is 0 Å². The first kappa shape index (κ1) is 20.2. The van der Waals surface area contributed by atoms with Gasteiger partial charge in [0, 0.05) is 23.4 Å². The normalized spacial score (nSPS) is 10.1. The molecule has 0 saturated carbocycles. The Morgan fingerprint density at radius 3 is 2.17 bits per heavy atom. The van der Waals surface area contributed by atoms with Crippen molar-refractivity contribution in [1.82, 2.24) is 10.6 Å². The van der Waals surface area contributed by atoms with Gasteiger partial charge in [-0.05, 0) is 60.6 Å². The molecule has 3 aromatic rings. The first-order valence-electron chi connectivity index (χ1n) is 9.13. The van der Waals surface area contributed by atoms with E-state index in [9.17, 15) is 9.59 Å². The van der Waals surface area contributed by atoms with E-state index in [4.69, 9.17) is 12.2 Å². The monoisotopic (exact) mass is 403 g/mol. The molecule has 0 aliphatic carbocycles. The minimum absolute atomic E-state index is 0.157. The predicted molar refractivity (Wildman–Crippen MR) is 119 cm³/mol. The quantitative estimate of drug-likeness (QED) is 0.562. The van der Waals surface area contributed by atoms with E-state index in [1.54, 1.807) is 36.4 Å². The molecule has 0 aliphatic rings. The highest BCUT2D eigenvalue weighted by Gasteiger charge is 2.10. The standard InChI is InChI=1S/C23H21N3O2S/c1-16-7-5-6-10-20(16)22(28)26-23(29)25-19-13-11-18(12-14-19)21(27)24-15-17-8-3-2-4-9-17/h2-14H,15H2,1H3,(H,24,27)(H2,25,26,28,29). The number of benzene rings is 3. The van der Waals surface area contributed by atoms with Crippen LogP contribution in [0.15, 0.2) is 78.9 Å². The van der Waals surface area contributed by atoms with Gasteiger partial charge in [0.15, 0.2) is 5.11 Å². The molecule has 0 aromatic heterocycles. The molecular formula is C23H21N3O2S. The van der Waals surface area contributed by atoms with E-state index < -0.39 is 0 Å². The van der Waals surface area contributed by atoms with Crippen LogP contribution in [0.5, 0.6) is 0 Å². The van der Waals surface area contributed by atoms with Crippen LogP contribution in [0, 0.1) is 6.92 Å². The summed E-state index contributed by atoms with van der Waals surface area (Å²) in [6.45, 7) is 2.33. The van der Waals surface area contributed by atoms with Crippen molar-refractivity contribution in [3.8, 4) is 0 Å². The third-order valence-corrected chi connectivity index (χ3v) is 4.52. The zero-order valence-electron chi connectivity index (χ0n) is 15.9. The van der Waals surface area contributed by atoms with Gasteiger partial charge in [0.05, 0.1) is 0 Å². The Labute approximate surface area is 175 Å². The smallest absolute Gasteiger partial charge is 0.257 e. The van der Waals surface area contributed by atoms with Crippen LogP contribution in [-0.2, 0) is 6.54 Å². The van der Waals surface area contributed by atoms with Crippen molar-refractivity contribution in [3.63, 3.8) is 0 Å². The first-order chi connectivity index (χ1) is 14.0. The molecular weight excluding hydrogens is 382 g/mol. The minimum Gasteiger partial charge on any atom is -0.348 e. The fourth-order valence-corrected chi connectivity index (χ4v) is 2.96. The van der Waals surface area contributed by atoms with Crippen LogP contribution in [0.3, 0.4) is 0 Å². The average Bonchev–Trinajstić information content (AvgIpc) is 2.73. The second-order valence-corrected chi connectivity index (χ2v) is 6.88. The number of aryl methyl sites for hydroxylation is 1. The summed E-state index contributed by atoms with van der Waals surface area (Å²) < 4.78 is 0. The van der Waals surface area contributed by atoms with Crippen LogP contribution in [-0.4, -0.2) is 16.9 Å². The van der Waals surface area contributed by atoms with Crippen molar-refractivity contribution >= 4 is 34.8 Å². The molecule has 0 spiro atoms. The van der Waals surface area contributed by atoms with E-state index in [2.05, 4.69) is 16.0 Å². The summed E-state index contributed by atoms with van der Waals surface area (Å²) in [7, 11) is 0. The summed E-state index contributed by atoms with van der Waals surface area (Å²) in [4.78, 5) is 24.6. The van der Waals surface area contributed by atoms with Gasteiger partial charge in [0.1, 0.15) is 0 Å². The van der Waals surface area contributed by atoms with Crippen molar-refractivity contribution in [3.05, 3.63) is 101 Å². The molecule has 0 saturated heterocycles. The number of thiocarbonyl (C=S) groups is 1. The van der Waals surface area contributed by atoms with Crippen molar-refractivity contribution in [1.29, 1.82) is 0 Å². The number of hydrogen-bond donors (Lipinski definition) is 3. The Morgan fingerprint density at radius 2 is 1.48 bits per heavy atom. The highest BCUT2D eigenvalue weighted by atomic mass is 32.1. The molecule has 0 aliphatic heterocycles. The maximum absolute atomic E-state index is 12.3. The molecule has 0 atom stereocenters. The second-order valence-electron chi connectivity index (χ2n) is 6.47. The van der Waals surface area contributed by atoms with Crippen LogP contribution in [0.4, 0.5) is 5.69 Å². The molecule has 29 heavy (non-hydrogen) atoms. The van der Waals surface area contributed by atoms with Gasteiger partial charge < -0.3 is 10.6 Å². The van der Waals surface area contributed by atoms with Gasteiger partial charge >= 0.3 is 0 Å². The van der Waals surface area contributed by atoms with E-state index in [1.807, 2.05) is 49.4 Å². The van der Waals surface area contributed by atoms with Crippen LogP contribution in [0.25, 0.3) is 0 Å². The summed E-state index contributed by atoms with van der Waals surface area (Å²) >= 11 is 5.21. The minimum atomic E-state index is -0.266. The number of hydrogen-bond acceptors (Lipinski definition) is 3. The molecule has 6 heteroatoms. The van der Waals surface area contributed by atoms with Crippen LogP contribution >= 0.6 is 12.2 Å². The van der Waals surface area contributed by atoms with Crippen molar-refractivity contribution in [2.75, 3.05) is 5.32 Å². The van der Waals surface area contributed by atoms with Crippen molar-refractivity contribution in [2.24, 2.45) is 0 Å². The summed E-state index contributed by atoms with van der Waals surface area (Å²) in [5.74, 6) is -0.423. The molecule has 3 aromatic carbocycles. The van der Waals surface area contributed by atoms with Crippen LogP contribution in [0.1, 0.15) is 31.8 Å². The summed E-state index contributed by atoms with van der Waals surface area (Å²) in [5, 5.41) is 8.69. The van der Waals surface area contributed by atoms with Gasteiger partial charge in [-0.3, -0.25) is 14.9 Å². The molecule has 2 amide bonds. The van der Waals surface area contributed by atoms with E-state index in [-0.39, 0.29) is 16.9 Å². The largest absolute Gasteiger partial charge is 0.348 e. The fourth-order valence-electron chi connectivity index (χ4n) is 2.75. The maximum atomic E-state index is 12.3. The number of anilines is 1. The SMILES string of the molecule is Cc1ccccc1C(=O)NC(=S)Nc1ccc(C(=O)NCc2ccccc2)cc1. The van der Waals surface area contributed by atoms with Gasteiger partial charge in [0.2, 0.25) is 0 Å². The Hall–Kier alpha value is -3.51. The number of amides is 2. The zero-order valence-corrected chi connectivity index (χ0v) is 16.8. The van der Waals surface area contributed by atoms with E-state index >= 15 is 0 Å². The molecule has 5 nitrogen and oxygen atoms in total. The molecule has 3 N–H and O–H groups in total. The lowest BCUT2D eigenvalue weighted by molar-refractivity contribution is 0.0948. The third-order valence-electron chi connectivity index (χ3n) is 4.32. The number of carbonyl (C=O) groups excluding carboxylic acids is 2. The lowest BCUT2D eigenvalue weighted by Crippen LogP contribution is -2.34. The first-order valence-corrected chi connectivity index (χ1v) is 9.54. The Morgan fingerprint density at radius 1 is 0.828 bits per heavy atom. The van der Waals surface area contributed by atoms with E-state index in [0.717, 1.165) is 11.1 Å². The van der Waals surface area contributed by atoms with Gasteiger partial charge in [0.25, 0.3) is 11.8 Å². The number of rotatable bonds is 5. The Kier molecular flexibility index (Phi) is 6.71. The van der Waals surface area contributed by atoms with E-state index in [0.29, 0.717) is 23.4 Å². The van der Waals surface area contributed by atoms with Gasteiger partial charge in [-0.25, -0.2) is 0 Å². The van der Waals surface area contributed by atoms with Gasteiger partial charge in [-0.15, -0.1) is 0 Å². The summed E-state index contributed by atoms with van der Waals surface area (Å²) in [5.41, 5.74) is 3.70. The maximum Gasteiger partial charge on any atom is 0.257 e. The van der Waals surface area contributed by atoms with E-state index in [1.165, 1.54) is 0 Å². The predicted octanol–water partition coefficient (Wildman–Crippen LogP) is 4.05. The summed E-state index contributed by atoms with van der Waals surface area (Å²) in [6.07, 6.45) is 0. The van der Waals surface area contributed by atoms with Crippen molar-refractivity contribution in [2.45, 2.75) is 13.5 Å². The molecule has 146 valence electrons. The highest BCUT2D eigenvalue weighted by molar-refractivity contribution is 7.80. The Bertz CT molecular complexity index is 1020. The molecule has 3 rings (SSSR count). The Balaban J connectivity index is 1.53. The van der Waals surface area contributed by atoms with Crippen molar-refractivity contribution < 1.29 is 9.59 Å². The number of carbonyl (C=O) groups is 2. The summed E-state index contributed by atoms with van der Waals surface area (Å²) in [6, 6.07) is 23.9. The molecule has 0 heterocycles. The fraction of sp³-hybridized carbons (Fsp3) is 0.0870. The topological polar surface area (TPSA) is 70.2 Å². The molecule has 0 fully saturated rings. The highest BCUT2D eigenvalue weighted by Crippen LogP contribution is 2.11. The molecule has 0 bridgehead atoms. The second kappa shape index (κ2) is 9.61. The van der Waals surface area contributed by atoms with Gasteiger partial charge in [-0.1, -0.05) is 48.5 Å². The van der Waals surface area contributed by atoms with Crippen LogP contribution < -0.4 is 16.0 Å². The average molecular weight is 404 g/mol. The number of nitrogens with one attached hydrogen (secondary N) is 3. The lowest BCUT2D eigenvalue weighted by atomic mass is 10.1. The van der Waals surface area contributed by atoms with Crippen LogP contribution in [0.2, 0.25) is 0 Å². The zero-order chi connectivity index (χ0) is 20.6. The molecule has 0 radical (unpaired) electrons. The lowest BCUT2D eigenvalue weighted by Gasteiger charge is -2.11. The third kappa shape index (κ3) is 5.73.